The summed E-state index contributed by atoms with van der Waals surface area (Å²) in [6, 6.07) is 9.38. The van der Waals surface area contributed by atoms with Crippen molar-refractivity contribution in [3.63, 3.8) is 0 Å². The minimum Gasteiger partial charge on any atom is -0.493 e. The predicted molar refractivity (Wildman–Crippen MR) is 112 cm³/mol. The molecule has 4 N–H and O–H groups in total. The quantitative estimate of drug-likeness (QED) is 0.526. The molecule has 0 radical (unpaired) electrons. The molecule has 8 nitrogen and oxygen atoms in total. The lowest BCUT2D eigenvalue weighted by Gasteiger charge is -2.15. The van der Waals surface area contributed by atoms with Crippen LogP contribution >= 0.6 is 12.4 Å². The highest BCUT2D eigenvalue weighted by Gasteiger charge is 2.31. The second-order valence-corrected chi connectivity index (χ2v) is 8.16. The third kappa shape index (κ3) is 3.76. The standard InChI is InChI=1S/C19H19N3O5S.ClH/c1-26-16-7-12(15-6-11-5-10(8-20)3-4-14(11)22-15)17-13(9-21-19(17)23)18(16)27-28(2,24)25;/h3-7,22H,8-9,20H2,1-2H3,(H,21,23);1H. The Morgan fingerprint density at radius 3 is 2.62 bits per heavy atom. The molecule has 0 saturated heterocycles. The summed E-state index contributed by atoms with van der Waals surface area (Å²) in [4.78, 5) is 15.8. The maximum Gasteiger partial charge on any atom is 0.306 e. The van der Waals surface area contributed by atoms with E-state index in [0.717, 1.165) is 22.7 Å². The third-order valence-corrected chi connectivity index (χ3v) is 5.13. The zero-order chi connectivity index (χ0) is 20.1. The lowest BCUT2D eigenvalue weighted by atomic mass is 9.98. The molecule has 154 valence electrons. The number of aromatic nitrogens is 1. The molecule has 0 saturated carbocycles. The molecule has 2 aromatic carbocycles. The number of methoxy groups -OCH3 is 1. The Morgan fingerprint density at radius 2 is 1.97 bits per heavy atom. The van der Waals surface area contributed by atoms with E-state index in [4.69, 9.17) is 14.7 Å². The van der Waals surface area contributed by atoms with E-state index in [9.17, 15) is 13.2 Å². The first-order chi connectivity index (χ1) is 13.3. The van der Waals surface area contributed by atoms with Crippen LogP contribution in [0.3, 0.4) is 0 Å². The summed E-state index contributed by atoms with van der Waals surface area (Å²) < 4.78 is 33.9. The van der Waals surface area contributed by atoms with Crippen LogP contribution in [0, 0.1) is 0 Å². The smallest absolute Gasteiger partial charge is 0.306 e. The second kappa shape index (κ2) is 7.58. The number of hydrogen-bond donors (Lipinski definition) is 3. The molecule has 0 bridgehead atoms. The molecule has 1 aliphatic rings. The Balaban J connectivity index is 0.00000240. The van der Waals surface area contributed by atoms with Crippen molar-refractivity contribution in [3.8, 4) is 22.8 Å². The minimum atomic E-state index is -3.79. The van der Waals surface area contributed by atoms with Gasteiger partial charge in [0.15, 0.2) is 11.5 Å². The molecule has 10 heteroatoms. The molecule has 2 heterocycles. The van der Waals surface area contributed by atoms with Gasteiger partial charge in [0.25, 0.3) is 5.91 Å². The number of halogens is 1. The van der Waals surface area contributed by atoms with Gasteiger partial charge in [-0.3, -0.25) is 4.79 Å². The van der Waals surface area contributed by atoms with Gasteiger partial charge in [-0.25, -0.2) is 0 Å². The number of nitrogens with two attached hydrogens (primary N) is 1. The highest BCUT2D eigenvalue weighted by molar-refractivity contribution is 7.86. The van der Waals surface area contributed by atoms with Crippen LogP contribution in [0.15, 0.2) is 30.3 Å². The fourth-order valence-corrected chi connectivity index (χ4v) is 3.93. The molecular formula is C19H20ClN3O5S. The van der Waals surface area contributed by atoms with Crippen LogP contribution in [0.5, 0.6) is 11.5 Å². The number of benzene rings is 2. The van der Waals surface area contributed by atoms with Crippen molar-refractivity contribution in [1.82, 2.24) is 10.3 Å². The van der Waals surface area contributed by atoms with Crippen molar-refractivity contribution in [2.24, 2.45) is 5.73 Å². The monoisotopic (exact) mass is 437 g/mol. The number of amides is 1. The first-order valence-electron chi connectivity index (χ1n) is 8.54. The second-order valence-electron chi connectivity index (χ2n) is 6.59. The molecule has 3 aromatic rings. The summed E-state index contributed by atoms with van der Waals surface area (Å²) in [7, 11) is -2.37. The Labute approximate surface area is 173 Å². The Kier molecular flexibility index (Phi) is 5.48. The summed E-state index contributed by atoms with van der Waals surface area (Å²) >= 11 is 0. The van der Waals surface area contributed by atoms with Crippen molar-refractivity contribution in [2.45, 2.75) is 13.1 Å². The van der Waals surface area contributed by atoms with E-state index in [-0.39, 0.29) is 36.4 Å². The molecular weight excluding hydrogens is 418 g/mol. The van der Waals surface area contributed by atoms with E-state index < -0.39 is 10.1 Å². The zero-order valence-electron chi connectivity index (χ0n) is 15.7. The van der Waals surface area contributed by atoms with Crippen LogP contribution in [0.2, 0.25) is 0 Å². The number of carbonyl (C=O) groups is 1. The molecule has 1 aromatic heterocycles. The molecule has 0 spiro atoms. The normalized spacial score (nSPS) is 13.0. The number of rotatable bonds is 5. The molecule has 4 rings (SSSR count). The number of carbonyl (C=O) groups excluding carboxylic acids is 1. The van der Waals surface area contributed by atoms with Gasteiger partial charge in [-0.1, -0.05) is 6.07 Å². The van der Waals surface area contributed by atoms with Gasteiger partial charge in [0, 0.05) is 40.8 Å². The SMILES string of the molecule is COc1cc(-c2cc3cc(CN)ccc3[nH]2)c2c(c1OS(C)(=O)=O)CNC2=O.Cl. The summed E-state index contributed by atoms with van der Waals surface area (Å²) in [5.74, 6) is -0.0343. The highest BCUT2D eigenvalue weighted by Crippen LogP contribution is 2.43. The average Bonchev–Trinajstić information content (AvgIpc) is 3.24. The maximum atomic E-state index is 12.5. The summed E-state index contributed by atoms with van der Waals surface area (Å²) in [6.07, 6.45) is 0.948. The van der Waals surface area contributed by atoms with Gasteiger partial charge in [0.2, 0.25) is 0 Å². The van der Waals surface area contributed by atoms with E-state index in [1.807, 2.05) is 24.3 Å². The van der Waals surface area contributed by atoms with Gasteiger partial charge in [0.1, 0.15) is 0 Å². The van der Waals surface area contributed by atoms with Gasteiger partial charge in [-0.05, 0) is 29.8 Å². The summed E-state index contributed by atoms with van der Waals surface area (Å²) in [5, 5.41) is 3.68. The number of ether oxygens (including phenoxy) is 1. The first-order valence-corrected chi connectivity index (χ1v) is 10.4. The maximum absolute atomic E-state index is 12.5. The predicted octanol–water partition coefficient (Wildman–Crippen LogP) is 2.31. The zero-order valence-corrected chi connectivity index (χ0v) is 17.4. The van der Waals surface area contributed by atoms with Crippen LogP contribution in [0.4, 0.5) is 0 Å². The van der Waals surface area contributed by atoms with Gasteiger partial charge in [0.05, 0.1) is 18.9 Å². The van der Waals surface area contributed by atoms with Crippen LogP contribution in [0.25, 0.3) is 22.2 Å². The van der Waals surface area contributed by atoms with Crippen LogP contribution < -0.4 is 20.0 Å². The molecule has 1 amide bonds. The van der Waals surface area contributed by atoms with Crippen molar-refractivity contribution >= 4 is 39.3 Å². The topological polar surface area (TPSA) is 124 Å². The van der Waals surface area contributed by atoms with Crippen molar-refractivity contribution in [3.05, 3.63) is 47.0 Å². The Morgan fingerprint density at radius 1 is 1.21 bits per heavy atom. The van der Waals surface area contributed by atoms with Crippen LogP contribution in [-0.2, 0) is 23.2 Å². The minimum absolute atomic E-state index is 0. The highest BCUT2D eigenvalue weighted by atomic mass is 35.5. The van der Waals surface area contributed by atoms with Gasteiger partial charge in [-0.2, -0.15) is 8.42 Å². The lowest BCUT2D eigenvalue weighted by molar-refractivity contribution is 0.0966. The Hall–Kier alpha value is -2.75. The number of nitrogens with one attached hydrogen (secondary N) is 2. The van der Waals surface area contributed by atoms with Gasteiger partial charge in [-0.15, -0.1) is 12.4 Å². The first kappa shape index (κ1) is 21.0. The van der Waals surface area contributed by atoms with E-state index >= 15 is 0 Å². The van der Waals surface area contributed by atoms with E-state index in [0.29, 0.717) is 28.9 Å². The van der Waals surface area contributed by atoms with E-state index in [2.05, 4.69) is 10.3 Å². The Bertz CT molecular complexity index is 1220. The third-order valence-electron chi connectivity index (χ3n) is 4.66. The fraction of sp³-hybridized carbons (Fsp3) is 0.211. The molecule has 0 unspecified atom stereocenters. The van der Waals surface area contributed by atoms with Crippen molar-refractivity contribution < 1.29 is 22.1 Å². The molecule has 29 heavy (non-hydrogen) atoms. The molecule has 1 aliphatic heterocycles. The van der Waals surface area contributed by atoms with Gasteiger partial charge >= 0.3 is 10.1 Å². The largest absolute Gasteiger partial charge is 0.493 e. The molecule has 0 aliphatic carbocycles. The van der Waals surface area contributed by atoms with Crippen molar-refractivity contribution in [2.75, 3.05) is 13.4 Å². The number of fused-ring (bicyclic) bond motifs is 2. The van der Waals surface area contributed by atoms with Crippen LogP contribution in [0.1, 0.15) is 21.5 Å². The number of hydrogen-bond acceptors (Lipinski definition) is 6. The van der Waals surface area contributed by atoms with E-state index in [1.54, 1.807) is 6.07 Å². The lowest BCUT2D eigenvalue weighted by Crippen LogP contribution is -2.13. The van der Waals surface area contributed by atoms with E-state index in [1.165, 1.54) is 7.11 Å². The molecule has 0 fully saturated rings. The molecule has 0 atom stereocenters. The van der Waals surface area contributed by atoms with Crippen LogP contribution in [-0.4, -0.2) is 32.7 Å². The fourth-order valence-electron chi connectivity index (χ4n) is 3.44. The van der Waals surface area contributed by atoms with Gasteiger partial charge < -0.3 is 25.0 Å². The summed E-state index contributed by atoms with van der Waals surface area (Å²) in [6.45, 7) is 0.584. The number of aromatic amines is 1. The average molecular weight is 438 g/mol. The summed E-state index contributed by atoms with van der Waals surface area (Å²) in [5.41, 5.74) is 9.74. The number of H-pyrrole nitrogens is 1. The van der Waals surface area contributed by atoms with Crippen molar-refractivity contribution in [1.29, 1.82) is 0 Å².